The molecule has 6 rings (SSSR count). The molecule has 0 radical (unpaired) electrons. The van der Waals surface area contributed by atoms with Crippen LogP contribution in [-0.4, -0.2) is 17.6 Å². The number of nitrogens with zero attached hydrogens (tertiary/aromatic N) is 1. The van der Waals surface area contributed by atoms with E-state index in [1.165, 1.54) is 0 Å². The minimum atomic E-state index is -0.638. The molecule has 130 valence electrons. The van der Waals surface area contributed by atoms with Crippen molar-refractivity contribution in [1.29, 1.82) is 0 Å². The molecule has 6 heteroatoms. The van der Waals surface area contributed by atoms with Crippen molar-refractivity contribution in [2.75, 3.05) is 4.90 Å². The molecule has 0 unspecified atom stereocenters. The van der Waals surface area contributed by atoms with Crippen molar-refractivity contribution < 1.29 is 14.4 Å². The van der Waals surface area contributed by atoms with Gasteiger partial charge >= 0.3 is 0 Å². The van der Waals surface area contributed by atoms with E-state index in [1.54, 1.807) is 18.2 Å². The fourth-order valence-corrected chi connectivity index (χ4v) is 5.40. The summed E-state index contributed by atoms with van der Waals surface area (Å²) in [6.45, 7) is 0. The van der Waals surface area contributed by atoms with Gasteiger partial charge in [0, 0.05) is 22.4 Å². The molecule has 1 saturated heterocycles. The molecule has 0 N–H and O–H groups in total. The van der Waals surface area contributed by atoms with Crippen LogP contribution in [-0.2, 0) is 14.4 Å². The second-order valence-corrected chi connectivity index (χ2v) is 7.95. The van der Waals surface area contributed by atoms with Crippen LogP contribution in [0.2, 0.25) is 10.0 Å². The van der Waals surface area contributed by atoms with Gasteiger partial charge in [0.15, 0.2) is 0 Å². The molecule has 0 aromatic heterocycles. The molecule has 1 aliphatic heterocycles. The van der Waals surface area contributed by atoms with E-state index < -0.39 is 17.8 Å². The molecular weight excluding hydrogens is 373 g/mol. The summed E-state index contributed by atoms with van der Waals surface area (Å²) in [4.78, 5) is 40.2. The first-order valence-corrected chi connectivity index (χ1v) is 9.18. The monoisotopic (exact) mass is 385 g/mol. The molecule has 2 aromatic rings. The van der Waals surface area contributed by atoms with Gasteiger partial charge in [0.25, 0.3) is 0 Å². The van der Waals surface area contributed by atoms with E-state index in [2.05, 4.69) is 0 Å². The van der Waals surface area contributed by atoms with Gasteiger partial charge < -0.3 is 0 Å². The third kappa shape index (κ3) is 2.00. The Bertz CT molecular complexity index is 982. The van der Waals surface area contributed by atoms with Crippen molar-refractivity contribution in [2.24, 2.45) is 11.8 Å². The number of halogens is 2. The zero-order valence-electron chi connectivity index (χ0n) is 13.5. The molecule has 3 aliphatic carbocycles. The number of rotatable bonds is 1. The maximum absolute atomic E-state index is 13.2. The molecule has 2 amide bonds. The van der Waals surface area contributed by atoms with Crippen LogP contribution in [0.3, 0.4) is 0 Å². The molecule has 2 bridgehead atoms. The molecule has 2 aromatic carbocycles. The first-order chi connectivity index (χ1) is 12.5. The first-order valence-electron chi connectivity index (χ1n) is 8.43. The minimum absolute atomic E-state index is 0.0436. The Hall–Kier alpha value is -2.17. The van der Waals surface area contributed by atoms with E-state index >= 15 is 0 Å². The number of fused-ring (bicyclic) bond motifs is 1. The Morgan fingerprint density at radius 3 is 2.15 bits per heavy atom. The molecule has 4 nitrogen and oxygen atoms in total. The van der Waals surface area contributed by atoms with E-state index in [0.717, 1.165) is 16.0 Å². The second kappa shape index (κ2) is 5.41. The van der Waals surface area contributed by atoms with Gasteiger partial charge in [-0.3, -0.25) is 14.4 Å². The summed E-state index contributed by atoms with van der Waals surface area (Å²) in [7, 11) is 0. The summed E-state index contributed by atoms with van der Waals surface area (Å²) < 4.78 is 0. The maximum Gasteiger partial charge on any atom is 0.238 e. The fraction of sp³-hybridized carbons (Fsp3) is 0.250. The predicted molar refractivity (Wildman–Crippen MR) is 97.5 cm³/mol. The zero-order valence-corrected chi connectivity index (χ0v) is 15.0. The Kier molecular flexibility index (Phi) is 3.34. The lowest BCUT2D eigenvalue weighted by Gasteiger charge is -2.43. The van der Waals surface area contributed by atoms with Crippen LogP contribution in [0, 0.1) is 11.8 Å². The largest absolute Gasteiger partial charge is 0.299 e. The number of carbonyl (C=O) groups is 3. The lowest BCUT2D eigenvalue weighted by Crippen LogP contribution is -2.44. The van der Waals surface area contributed by atoms with Crippen molar-refractivity contribution in [3.63, 3.8) is 0 Å². The highest BCUT2D eigenvalue weighted by molar-refractivity contribution is 6.36. The number of hydrogen-bond donors (Lipinski definition) is 0. The van der Waals surface area contributed by atoms with Crippen LogP contribution >= 0.6 is 23.2 Å². The van der Waals surface area contributed by atoms with Crippen LogP contribution in [0.1, 0.15) is 29.4 Å². The summed E-state index contributed by atoms with van der Waals surface area (Å²) >= 11 is 12.1. The lowest BCUT2D eigenvalue weighted by atomic mass is 9.56. The summed E-state index contributed by atoms with van der Waals surface area (Å²) in [6, 6.07) is 12.3. The van der Waals surface area contributed by atoms with Crippen LogP contribution in [0.15, 0.2) is 42.5 Å². The van der Waals surface area contributed by atoms with Gasteiger partial charge in [0.1, 0.15) is 5.78 Å². The number of hydrogen-bond acceptors (Lipinski definition) is 3. The highest BCUT2D eigenvalue weighted by Crippen LogP contribution is 2.57. The van der Waals surface area contributed by atoms with Crippen molar-refractivity contribution in [2.45, 2.75) is 18.3 Å². The van der Waals surface area contributed by atoms with Gasteiger partial charge in [-0.15, -0.1) is 0 Å². The zero-order chi connectivity index (χ0) is 18.2. The van der Waals surface area contributed by atoms with E-state index in [-0.39, 0.29) is 23.5 Å². The van der Waals surface area contributed by atoms with Crippen LogP contribution in [0.4, 0.5) is 5.69 Å². The maximum atomic E-state index is 13.2. The Morgan fingerprint density at radius 1 is 0.846 bits per heavy atom. The highest BCUT2D eigenvalue weighted by Gasteiger charge is 2.62. The number of carbonyl (C=O) groups excluding carboxylic acids is 3. The number of anilines is 1. The van der Waals surface area contributed by atoms with Crippen LogP contribution in [0.5, 0.6) is 0 Å². The van der Waals surface area contributed by atoms with Crippen molar-refractivity contribution in [3.05, 3.63) is 63.6 Å². The third-order valence-corrected chi connectivity index (χ3v) is 6.23. The first kappa shape index (κ1) is 16.0. The van der Waals surface area contributed by atoms with Crippen LogP contribution in [0.25, 0.3) is 0 Å². The van der Waals surface area contributed by atoms with Gasteiger partial charge in [-0.2, -0.15) is 0 Å². The highest BCUT2D eigenvalue weighted by atomic mass is 35.5. The van der Waals surface area contributed by atoms with Crippen molar-refractivity contribution in [1.82, 2.24) is 0 Å². The van der Waals surface area contributed by atoms with E-state index in [9.17, 15) is 14.4 Å². The van der Waals surface area contributed by atoms with Gasteiger partial charge in [0.2, 0.25) is 11.8 Å². The molecule has 26 heavy (non-hydrogen) atoms. The molecule has 4 aliphatic rings. The van der Waals surface area contributed by atoms with Gasteiger partial charge in [0.05, 0.1) is 23.4 Å². The quantitative estimate of drug-likeness (QED) is 0.698. The Labute approximate surface area is 159 Å². The Balaban J connectivity index is 1.66. The summed E-state index contributed by atoms with van der Waals surface area (Å²) in [5, 5.41) is 0.704. The molecule has 1 saturated carbocycles. The van der Waals surface area contributed by atoms with E-state index in [0.29, 0.717) is 22.2 Å². The smallest absolute Gasteiger partial charge is 0.238 e. The van der Waals surface area contributed by atoms with Gasteiger partial charge in [-0.05, 0) is 29.3 Å². The number of Topliss-reactive ketones (excluding diaryl/α,β-unsaturated/α-hetero) is 1. The predicted octanol–water partition coefficient (Wildman–Crippen LogP) is 3.95. The molecule has 4 atom stereocenters. The average Bonchev–Trinajstić information content (AvgIpc) is 2.86. The average molecular weight is 386 g/mol. The number of benzene rings is 2. The standard InChI is InChI=1S/C20H13Cl2NO3/c21-9-5-10(22)7-11(6-9)23-19(25)17-14-8-15(24)16(18(17)20(23)26)13-4-2-1-3-12(13)14/h1-7,14,16-18H,8H2/t14-,16+,17+,18-/m0/s1. The van der Waals surface area contributed by atoms with Crippen molar-refractivity contribution >= 4 is 46.5 Å². The normalized spacial score (nSPS) is 29.2. The number of ketones is 1. The number of amides is 2. The van der Waals surface area contributed by atoms with E-state index in [1.807, 2.05) is 24.3 Å². The summed E-state index contributed by atoms with van der Waals surface area (Å²) in [6.07, 6.45) is 0.312. The Morgan fingerprint density at radius 2 is 1.46 bits per heavy atom. The SMILES string of the molecule is O=C1C[C@H]2c3ccccc3[C@H]1[C@@H]1C(=O)N(c3cc(Cl)cc(Cl)c3)C(=O)[C@@H]12. The van der Waals surface area contributed by atoms with Crippen LogP contribution < -0.4 is 4.90 Å². The molecule has 0 spiro atoms. The van der Waals surface area contributed by atoms with E-state index in [4.69, 9.17) is 23.2 Å². The minimum Gasteiger partial charge on any atom is -0.299 e. The topological polar surface area (TPSA) is 54.5 Å². The second-order valence-electron chi connectivity index (χ2n) is 7.07. The van der Waals surface area contributed by atoms with Crippen molar-refractivity contribution in [3.8, 4) is 0 Å². The summed E-state index contributed by atoms with van der Waals surface area (Å²) in [5.41, 5.74) is 2.27. The van der Waals surface area contributed by atoms with Gasteiger partial charge in [-0.1, -0.05) is 47.5 Å². The fourth-order valence-electron chi connectivity index (χ4n) is 4.88. The lowest BCUT2D eigenvalue weighted by molar-refractivity contribution is -0.134. The third-order valence-electron chi connectivity index (χ3n) is 5.79. The summed E-state index contributed by atoms with van der Waals surface area (Å²) in [5.74, 6) is -2.49. The van der Waals surface area contributed by atoms with Gasteiger partial charge in [-0.25, -0.2) is 4.90 Å². The molecular formula is C20H13Cl2NO3. The molecule has 2 fully saturated rings. The molecule has 1 heterocycles. The number of imide groups is 1.